The van der Waals surface area contributed by atoms with Crippen LogP contribution in [0.4, 0.5) is 15.9 Å². The fraction of sp³-hybridized carbons (Fsp3) is 0.161. The molecule has 0 bridgehead atoms. The minimum atomic E-state index is -0.518. The molecule has 9 nitrogen and oxygen atoms in total. The average Bonchev–Trinajstić information content (AvgIpc) is 3.76. The van der Waals surface area contributed by atoms with Crippen LogP contribution >= 0.6 is 0 Å². The Morgan fingerprint density at radius 2 is 1.78 bits per heavy atom. The Bertz CT molecular complexity index is 1830. The highest BCUT2D eigenvalue weighted by molar-refractivity contribution is 6.05. The van der Waals surface area contributed by atoms with Crippen molar-refractivity contribution in [3.05, 3.63) is 106 Å². The number of halogens is 1. The Hall–Kier alpha value is -5.25. The van der Waals surface area contributed by atoms with Gasteiger partial charge in [0.1, 0.15) is 17.1 Å². The molecule has 1 fully saturated rings. The van der Waals surface area contributed by atoms with Crippen LogP contribution in [0.1, 0.15) is 28.9 Å². The second kappa shape index (κ2) is 10.4. The van der Waals surface area contributed by atoms with Crippen molar-refractivity contribution in [3.63, 3.8) is 0 Å². The second-order valence-electron chi connectivity index (χ2n) is 9.89. The fourth-order valence-corrected chi connectivity index (χ4v) is 4.64. The Morgan fingerprint density at radius 1 is 1.05 bits per heavy atom. The largest absolute Gasteiger partial charge is 0.487 e. The van der Waals surface area contributed by atoms with E-state index in [9.17, 15) is 9.59 Å². The summed E-state index contributed by atoms with van der Waals surface area (Å²) in [5.74, 6) is -0.646. The first-order chi connectivity index (χ1) is 19.8. The van der Waals surface area contributed by atoms with Crippen molar-refractivity contribution in [2.24, 2.45) is 7.05 Å². The zero-order chi connectivity index (χ0) is 28.7. The Morgan fingerprint density at radius 3 is 2.49 bits per heavy atom. The van der Waals surface area contributed by atoms with E-state index < -0.39 is 17.3 Å². The Balaban J connectivity index is 1.25. The zero-order valence-electron chi connectivity index (χ0n) is 22.5. The van der Waals surface area contributed by atoms with E-state index in [-0.39, 0.29) is 28.8 Å². The second-order valence-corrected chi connectivity index (χ2v) is 9.89. The number of amides is 1. The van der Waals surface area contributed by atoms with E-state index in [0.717, 1.165) is 12.8 Å². The van der Waals surface area contributed by atoms with E-state index in [1.807, 2.05) is 18.2 Å². The molecule has 0 unspecified atom stereocenters. The number of nitrogen functional groups attached to an aromatic ring is 1. The number of carbonyl (C=O) groups excluding carboxylic acids is 1. The molecule has 0 radical (unpaired) electrons. The molecule has 206 valence electrons. The molecule has 2 heterocycles. The lowest BCUT2D eigenvalue weighted by atomic mass is 10.1. The van der Waals surface area contributed by atoms with Crippen LogP contribution in [0.15, 0.2) is 83.8 Å². The van der Waals surface area contributed by atoms with Crippen LogP contribution in [0.2, 0.25) is 0 Å². The van der Waals surface area contributed by atoms with Gasteiger partial charge in [0.25, 0.3) is 11.5 Å². The van der Waals surface area contributed by atoms with Gasteiger partial charge in [0.15, 0.2) is 11.6 Å². The van der Waals surface area contributed by atoms with Crippen molar-refractivity contribution in [3.8, 4) is 34.0 Å². The quantitative estimate of drug-likeness (QED) is 0.290. The predicted molar refractivity (Wildman–Crippen MR) is 155 cm³/mol. The number of para-hydroxylation sites is 1. The van der Waals surface area contributed by atoms with E-state index in [2.05, 4.69) is 15.3 Å². The van der Waals surface area contributed by atoms with Crippen LogP contribution in [0.5, 0.6) is 5.75 Å². The van der Waals surface area contributed by atoms with Gasteiger partial charge in [0.05, 0.1) is 29.4 Å². The van der Waals surface area contributed by atoms with E-state index >= 15 is 4.39 Å². The maximum atomic E-state index is 15.2. The monoisotopic (exact) mass is 550 g/mol. The van der Waals surface area contributed by atoms with Crippen LogP contribution in [-0.2, 0) is 7.05 Å². The standard InChI is InChI=1S/C31H27FN6O3/c1-18-26(31(40)38(37(18)2)21-7-4-3-5-8-21)30(39)35-20-13-11-19(12-14-20)28-29(33)34-17-24(36-28)23-9-6-10-25(27(23)32)41-22-15-16-22/h3-14,17,22H,15-16H2,1-2H3,(H2,33,34)(H,35,39). The fourth-order valence-electron chi connectivity index (χ4n) is 4.64. The van der Waals surface area contributed by atoms with E-state index in [4.69, 9.17) is 10.5 Å². The summed E-state index contributed by atoms with van der Waals surface area (Å²) in [4.78, 5) is 35.2. The molecule has 0 aliphatic heterocycles. The topological polar surface area (TPSA) is 117 Å². The molecular formula is C31H27FN6O3. The van der Waals surface area contributed by atoms with Gasteiger partial charge in [-0.1, -0.05) is 36.4 Å². The minimum absolute atomic E-state index is 0.0539. The molecule has 1 saturated carbocycles. The summed E-state index contributed by atoms with van der Waals surface area (Å²) in [6, 6.07) is 20.9. The summed E-state index contributed by atoms with van der Waals surface area (Å²) < 4.78 is 24.0. The molecule has 3 aromatic carbocycles. The molecule has 0 spiro atoms. The number of hydrogen-bond acceptors (Lipinski definition) is 6. The van der Waals surface area contributed by atoms with Gasteiger partial charge in [-0.3, -0.25) is 14.3 Å². The highest BCUT2D eigenvalue weighted by Crippen LogP contribution is 2.34. The highest BCUT2D eigenvalue weighted by atomic mass is 19.1. The molecule has 10 heteroatoms. The number of aromatic nitrogens is 4. The van der Waals surface area contributed by atoms with Crippen LogP contribution in [0.3, 0.4) is 0 Å². The first-order valence-electron chi connectivity index (χ1n) is 13.2. The van der Waals surface area contributed by atoms with Gasteiger partial charge in [-0.05, 0) is 56.2 Å². The molecule has 1 amide bonds. The van der Waals surface area contributed by atoms with E-state index in [1.165, 1.54) is 10.9 Å². The van der Waals surface area contributed by atoms with Gasteiger partial charge in [0.2, 0.25) is 0 Å². The minimum Gasteiger partial charge on any atom is -0.487 e. The Labute approximate surface area is 235 Å². The van der Waals surface area contributed by atoms with E-state index in [0.29, 0.717) is 34.0 Å². The molecular weight excluding hydrogens is 523 g/mol. The SMILES string of the molecule is Cc1c(C(=O)Nc2ccc(-c3nc(-c4cccc(OC5CC5)c4F)cnc3N)cc2)c(=O)n(-c2ccccc2)n1C. The first-order valence-corrected chi connectivity index (χ1v) is 13.2. The number of nitrogens with two attached hydrogens (primary N) is 1. The molecule has 3 N–H and O–H groups in total. The number of nitrogens with one attached hydrogen (secondary N) is 1. The smallest absolute Gasteiger partial charge is 0.284 e. The van der Waals surface area contributed by atoms with Crippen molar-refractivity contribution in [2.75, 3.05) is 11.1 Å². The number of anilines is 2. The van der Waals surface area contributed by atoms with Gasteiger partial charge in [0, 0.05) is 23.9 Å². The molecule has 41 heavy (non-hydrogen) atoms. The summed E-state index contributed by atoms with van der Waals surface area (Å²) in [6.07, 6.45) is 3.32. The lowest BCUT2D eigenvalue weighted by Gasteiger charge is -2.11. The van der Waals surface area contributed by atoms with Crippen molar-refractivity contribution in [1.29, 1.82) is 0 Å². The number of rotatable bonds is 7. The highest BCUT2D eigenvalue weighted by Gasteiger charge is 2.26. The van der Waals surface area contributed by atoms with Gasteiger partial charge >= 0.3 is 0 Å². The van der Waals surface area contributed by atoms with Crippen LogP contribution in [0, 0.1) is 12.7 Å². The number of ether oxygens (including phenoxy) is 1. The molecule has 0 atom stereocenters. The lowest BCUT2D eigenvalue weighted by Crippen LogP contribution is -2.25. The molecule has 0 saturated heterocycles. The third-order valence-corrected chi connectivity index (χ3v) is 7.06. The summed E-state index contributed by atoms with van der Waals surface area (Å²) in [5.41, 5.74) is 9.03. The lowest BCUT2D eigenvalue weighted by molar-refractivity contribution is 0.102. The molecule has 2 aromatic heterocycles. The predicted octanol–water partition coefficient (Wildman–Crippen LogP) is 5.12. The number of benzene rings is 3. The third-order valence-electron chi connectivity index (χ3n) is 7.06. The summed E-state index contributed by atoms with van der Waals surface area (Å²) in [7, 11) is 1.73. The van der Waals surface area contributed by atoms with Crippen molar-refractivity contribution >= 4 is 17.4 Å². The number of carbonyl (C=O) groups is 1. The van der Waals surface area contributed by atoms with Crippen molar-refractivity contribution in [1.82, 2.24) is 19.3 Å². The van der Waals surface area contributed by atoms with Crippen molar-refractivity contribution < 1.29 is 13.9 Å². The Kier molecular flexibility index (Phi) is 6.58. The third kappa shape index (κ3) is 4.95. The maximum Gasteiger partial charge on any atom is 0.284 e. The van der Waals surface area contributed by atoms with Gasteiger partial charge in [-0.2, -0.15) is 0 Å². The maximum absolute atomic E-state index is 15.2. The first kappa shape index (κ1) is 26.0. The molecule has 1 aliphatic rings. The molecule has 5 aromatic rings. The van der Waals surface area contributed by atoms with Crippen LogP contribution < -0.4 is 21.3 Å². The van der Waals surface area contributed by atoms with Gasteiger partial charge in [-0.15, -0.1) is 0 Å². The van der Waals surface area contributed by atoms with Gasteiger partial charge < -0.3 is 15.8 Å². The molecule has 1 aliphatic carbocycles. The van der Waals surface area contributed by atoms with Crippen molar-refractivity contribution in [2.45, 2.75) is 25.9 Å². The van der Waals surface area contributed by atoms with E-state index in [1.54, 1.807) is 73.3 Å². The zero-order valence-corrected chi connectivity index (χ0v) is 22.5. The normalized spacial score (nSPS) is 12.8. The summed E-state index contributed by atoms with van der Waals surface area (Å²) in [6.45, 7) is 1.73. The molecule has 6 rings (SSSR count). The summed E-state index contributed by atoms with van der Waals surface area (Å²) >= 11 is 0. The average molecular weight is 551 g/mol. The van der Waals surface area contributed by atoms with Crippen LogP contribution in [0.25, 0.3) is 28.2 Å². The summed E-state index contributed by atoms with van der Waals surface area (Å²) in [5, 5.41) is 2.80. The van der Waals surface area contributed by atoms with Crippen LogP contribution in [-0.4, -0.2) is 31.3 Å². The van der Waals surface area contributed by atoms with Gasteiger partial charge in [-0.25, -0.2) is 19.0 Å². The number of hydrogen-bond donors (Lipinski definition) is 2. The number of nitrogens with zero attached hydrogens (tertiary/aromatic N) is 4.